The summed E-state index contributed by atoms with van der Waals surface area (Å²) in [6.45, 7) is 4.13. The number of hydrogen-bond acceptors (Lipinski definition) is 8. The van der Waals surface area contributed by atoms with Gasteiger partial charge in [-0.3, -0.25) is 24.3 Å². The van der Waals surface area contributed by atoms with Gasteiger partial charge in [0, 0.05) is 38.3 Å². The lowest BCUT2D eigenvalue weighted by Gasteiger charge is -2.39. The number of nitrogens with zero attached hydrogens (tertiary/aromatic N) is 3. The first-order valence-electron chi connectivity index (χ1n) is 9.88. The van der Waals surface area contributed by atoms with Crippen LogP contribution in [0.3, 0.4) is 0 Å². The topological polar surface area (TPSA) is 96.5 Å². The van der Waals surface area contributed by atoms with Crippen molar-refractivity contribution >= 4 is 27.2 Å². The Morgan fingerprint density at radius 3 is 2.34 bits per heavy atom. The van der Waals surface area contributed by atoms with E-state index in [1.165, 1.54) is 4.90 Å². The lowest BCUT2D eigenvalue weighted by atomic mass is 10.1. The second kappa shape index (κ2) is 6.96. The normalized spacial score (nSPS) is 26.8. The molecule has 0 aromatic heterocycles. The second-order valence-electron chi connectivity index (χ2n) is 7.93. The van der Waals surface area contributed by atoms with Crippen molar-refractivity contribution in [2.45, 2.75) is 12.5 Å². The van der Waals surface area contributed by atoms with Crippen LogP contribution < -0.4 is 14.4 Å². The third-order valence-electron chi connectivity index (χ3n) is 6.11. The van der Waals surface area contributed by atoms with Crippen LogP contribution in [0, 0.1) is 0 Å². The van der Waals surface area contributed by atoms with Crippen molar-refractivity contribution in [2.75, 3.05) is 62.5 Å². The van der Waals surface area contributed by atoms with Gasteiger partial charge in [0.05, 0.1) is 29.4 Å². The molecular formula is C19H23N3O6S. The molecule has 1 atom stereocenters. The first-order chi connectivity index (χ1) is 13.9. The summed E-state index contributed by atoms with van der Waals surface area (Å²) in [7, 11) is -2.90. The predicted molar refractivity (Wildman–Crippen MR) is 104 cm³/mol. The van der Waals surface area contributed by atoms with Crippen LogP contribution in [0.4, 0.5) is 5.69 Å². The number of anilines is 1. The van der Waals surface area contributed by atoms with Crippen molar-refractivity contribution in [3.8, 4) is 11.5 Å². The Bertz CT molecular complexity index is 970. The highest BCUT2D eigenvalue weighted by Gasteiger charge is 2.39. The van der Waals surface area contributed by atoms with E-state index in [1.807, 2.05) is 0 Å². The second-order valence-corrected chi connectivity index (χ2v) is 10.2. The van der Waals surface area contributed by atoms with E-state index in [0.717, 1.165) is 13.1 Å². The molecule has 9 nitrogen and oxygen atoms in total. The van der Waals surface area contributed by atoms with Crippen LogP contribution in [0.15, 0.2) is 12.1 Å². The van der Waals surface area contributed by atoms with Gasteiger partial charge in [-0.1, -0.05) is 0 Å². The van der Waals surface area contributed by atoms with E-state index < -0.39 is 21.5 Å². The van der Waals surface area contributed by atoms with E-state index in [2.05, 4.69) is 9.80 Å². The minimum Gasteiger partial charge on any atom is -0.486 e. The maximum atomic E-state index is 12.6. The van der Waals surface area contributed by atoms with Gasteiger partial charge in [-0.05, 0) is 12.5 Å². The molecule has 2 saturated heterocycles. The molecule has 0 N–H and O–H groups in total. The van der Waals surface area contributed by atoms with E-state index >= 15 is 0 Å². The maximum Gasteiger partial charge on any atom is 0.300 e. The van der Waals surface area contributed by atoms with Crippen LogP contribution in [0.2, 0.25) is 0 Å². The van der Waals surface area contributed by atoms with Crippen LogP contribution in [0.5, 0.6) is 11.5 Å². The summed E-state index contributed by atoms with van der Waals surface area (Å²) in [5, 5.41) is 0. The first kappa shape index (κ1) is 18.8. The summed E-state index contributed by atoms with van der Waals surface area (Å²) >= 11 is 0. The van der Waals surface area contributed by atoms with Crippen LogP contribution >= 0.6 is 0 Å². The van der Waals surface area contributed by atoms with Crippen molar-refractivity contribution in [1.29, 1.82) is 0 Å². The first-order valence-corrected chi connectivity index (χ1v) is 11.7. The Kier molecular flexibility index (Phi) is 4.52. The number of benzene rings is 1. The molecule has 0 saturated carbocycles. The molecule has 29 heavy (non-hydrogen) atoms. The van der Waals surface area contributed by atoms with Gasteiger partial charge >= 0.3 is 5.91 Å². The number of carbonyl (C=O) groups is 2. The Hall–Kier alpha value is -2.17. The number of carbonyl (C=O) groups excluding carboxylic acids is 2. The number of fused-ring (bicyclic) bond motifs is 2. The molecule has 156 valence electrons. The minimum absolute atomic E-state index is 0.0987. The summed E-state index contributed by atoms with van der Waals surface area (Å²) < 4.78 is 34.6. The maximum absolute atomic E-state index is 12.6. The summed E-state index contributed by atoms with van der Waals surface area (Å²) in [5.74, 6) is 0.508. The lowest BCUT2D eigenvalue weighted by molar-refractivity contribution is -0.114. The number of ether oxygens (including phenoxy) is 2. The fourth-order valence-corrected chi connectivity index (χ4v) is 6.27. The van der Waals surface area contributed by atoms with Gasteiger partial charge < -0.3 is 9.47 Å². The van der Waals surface area contributed by atoms with Gasteiger partial charge in [0.2, 0.25) is 0 Å². The quantitative estimate of drug-likeness (QED) is 0.617. The smallest absolute Gasteiger partial charge is 0.300 e. The molecule has 4 aliphatic rings. The van der Waals surface area contributed by atoms with E-state index in [4.69, 9.17) is 9.47 Å². The molecule has 1 amide bonds. The predicted octanol–water partition coefficient (Wildman–Crippen LogP) is -0.251. The average Bonchev–Trinajstić information content (AvgIpc) is 3.19. The molecular weight excluding hydrogens is 398 g/mol. The largest absolute Gasteiger partial charge is 0.486 e. The zero-order valence-corrected chi connectivity index (χ0v) is 16.8. The Labute approximate surface area is 169 Å². The number of ketones is 1. The molecule has 5 rings (SSSR count). The summed E-state index contributed by atoms with van der Waals surface area (Å²) in [5.41, 5.74) is 0.919. The monoisotopic (exact) mass is 421 g/mol. The molecule has 0 radical (unpaired) electrons. The van der Waals surface area contributed by atoms with Crippen molar-refractivity contribution in [1.82, 2.24) is 9.80 Å². The van der Waals surface area contributed by atoms with Gasteiger partial charge in [-0.2, -0.15) is 0 Å². The summed E-state index contributed by atoms with van der Waals surface area (Å²) in [6.07, 6.45) is 0.696. The van der Waals surface area contributed by atoms with Crippen LogP contribution in [0.1, 0.15) is 16.8 Å². The number of hydrogen-bond donors (Lipinski definition) is 0. The molecule has 0 aliphatic carbocycles. The molecule has 0 bridgehead atoms. The van der Waals surface area contributed by atoms with E-state index in [1.54, 1.807) is 12.1 Å². The number of amides is 1. The summed E-state index contributed by atoms with van der Waals surface area (Å²) in [4.78, 5) is 30.9. The number of rotatable bonds is 3. The molecule has 10 heteroatoms. The van der Waals surface area contributed by atoms with E-state index in [9.17, 15) is 18.0 Å². The molecule has 0 spiro atoms. The van der Waals surface area contributed by atoms with Gasteiger partial charge in [0.1, 0.15) is 13.2 Å². The molecule has 4 heterocycles. The Morgan fingerprint density at radius 1 is 1.00 bits per heavy atom. The molecule has 2 fully saturated rings. The Balaban J connectivity index is 1.27. The minimum atomic E-state index is -2.90. The third kappa shape index (κ3) is 3.38. The highest BCUT2D eigenvalue weighted by atomic mass is 32.2. The summed E-state index contributed by atoms with van der Waals surface area (Å²) in [6, 6.07) is 3.41. The van der Waals surface area contributed by atoms with Crippen molar-refractivity contribution in [2.24, 2.45) is 0 Å². The Morgan fingerprint density at radius 2 is 1.69 bits per heavy atom. The van der Waals surface area contributed by atoms with Crippen molar-refractivity contribution < 1.29 is 27.5 Å². The highest BCUT2D eigenvalue weighted by Crippen LogP contribution is 2.40. The standard InChI is InChI=1S/C19H23N3O6S/c23-18-14-9-16-17(28-7-6-27-16)10-15(14)22(19(18)24)12-20-2-4-21(5-3-20)13-1-8-29(25,26)11-13/h9-10,13H,1-8,11-12H2. The van der Waals surface area contributed by atoms with Crippen LogP contribution in [-0.4, -0.2) is 93.5 Å². The fourth-order valence-electron chi connectivity index (χ4n) is 4.50. The van der Waals surface area contributed by atoms with Crippen LogP contribution in [0.25, 0.3) is 0 Å². The van der Waals surface area contributed by atoms with E-state index in [-0.39, 0.29) is 17.5 Å². The van der Waals surface area contributed by atoms with Crippen LogP contribution in [-0.2, 0) is 14.6 Å². The molecule has 1 aromatic carbocycles. The van der Waals surface area contributed by atoms with Gasteiger partial charge in [0.25, 0.3) is 5.78 Å². The highest BCUT2D eigenvalue weighted by molar-refractivity contribution is 7.91. The van der Waals surface area contributed by atoms with Gasteiger partial charge in [-0.25, -0.2) is 8.42 Å². The van der Waals surface area contributed by atoms with Crippen molar-refractivity contribution in [3.05, 3.63) is 17.7 Å². The third-order valence-corrected chi connectivity index (χ3v) is 7.86. The molecule has 1 unspecified atom stereocenters. The number of Topliss-reactive ketones (excluding diaryl/α,β-unsaturated/α-hetero) is 1. The zero-order valence-electron chi connectivity index (χ0n) is 16.0. The SMILES string of the molecule is O=C1C(=O)N(CN2CCN(C3CCS(=O)(=O)C3)CC2)c2cc3c(cc21)OCCO3. The zero-order chi connectivity index (χ0) is 20.2. The number of sulfone groups is 1. The lowest BCUT2D eigenvalue weighted by Crippen LogP contribution is -2.53. The average molecular weight is 421 g/mol. The fraction of sp³-hybridized carbons (Fsp3) is 0.579. The van der Waals surface area contributed by atoms with Gasteiger partial charge in [-0.15, -0.1) is 0 Å². The molecule has 1 aromatic rings. The van der Waals surface area contributed by atoms with Crippen molar-refractivity contribution in [3.63, 3.8) is 0 Å². The molecule has 4 aliphatic heterocycles. The van der Waals surface area contributed by atoms with E-state index in [0.29, 0.717) is 62.1 Å². The number of piperazine rings is 1. The van der Waals surface area contributed by atoms with Gasteiger partial charge in [0.15, 0.2) is 21.3 Å².